The van der Waals surface area contributed by atoms with Gasteiger partial charge in [-0.25, -0.2) is 8.78 Å². The van der Waals surface area contributed by atoms with Gasteiger partial charge >= 0.3 is 0 Å². The first-order chi connectivity index (χ1) is 7.18. The van der Waals surface area contributed by atoms with Gasteiger partial charge in [-0.3, -0.25) is 0 Å². The first-order valence-corrected chi connectivity index (χ1v) is 5.09. The summed E-state index contributed by atoms with van der Waals surface area (Å²) in [6.07, 6.45) is 0. The molecule has 4 heteroatoms. The normalized spacial score (nSPS) is 18.6. The van der Waals surface area contributed by atoms with E-state index in [1.54, 1.807) is 6.92 Å². The van der Waals surface area contributed by atoms with Gasteiger partial charge in [0.05, 0.1) is 0 Å². The number of nitrogens with one attached hydrogen (secondary N) is 2. The Hall–Kier alpha value is -1.00. The van der Waals surface area contributed by atoms with Crippen LogP contribution >= 0.6 is 0 Å². The topological polar surface area (TPSA) is 24.1 Å². The van der Waals surface area contributed by atoms with Crippen molar-refractivity contribution >= 4 is 0 Å². The summed E-state index contributed by atoms with van der Waals surface area (Å²) in [7, 11) is 0. The Morgan fingerprint density at radius 3 is 2.40 bits per heavy atom. The highest BCUT2D eigenvalue weighted by Gasteiger charge is 2.22. The van der Waals surface area contributed by atoms with Crippen LogP contribution in [0.15, 0.2) is 18.2 Å². The molecule has 2 rings (SSSR count). The van der Waals surface area contributed by atoms with Crippen molar-refractivity contribution < 1.29 is 8.78 Å². The van der Waals surface area contributed by atoms with E-state index in [1.165, 1.54) is 18.2 Å². The van der Waals surface area contributed by atoms with Gasteiger partial charge < -0.3 is 10.6 Å². The summed E-state index contributed by atoms with van der Waals surface area (Å²) < 4.78 is 26.8. The highest BCUT2D eigenvalue weighted by Crippen LogP contribution is 2.20. The van der Waals surface area contributed by atoms with Gasteiger partial charge in [-0.1, -0.05) is 6.07 Å². The third-order valence-electron chi connectivity index (χ3n) is 2.70. The smallest absolute Gasteiger partial charge is 0.130 e. The molecule has 1 aliphatic rings. The maximum absolute atomic E-state index is 13.4. The molecule has 0 amide bonds. The second-order valence-electron chi connectivity index (χ2n) is 3.88. The Morgan fingerprint density at radius 1 is 1.33 bits per heavy atom. The molecule has 0 spiro atoms. The second-order valence-corrected chi connectivity index (χ2v) is 3.88. The molecular weight excluding hydrogens is 198 g/mol. The summed E-state index contributed by atoms with van der Waals surface area (Å²) in [6, 6.07) is 3.98. The van der Waals surface area contributed by atoms with E-state index in [-0.39, 0.29) is 11.6 Å². The number of halogens is 2. The van der Waals surface area contributed by atoms with Crippen LogP contribution in [0.4, 0.5) is 8.78 Å². The van der Waals surface area contributed by atoms with Crippen molar-refractivity contribution in [3.05, 3.63) is 35.4 Å². The molecule has 2 N–H and O–H groups in total. The van der Waals surface area contributed by atoms with E-state index in [0.717, 1.165) is 13.1 Å². The number of rotatable bonds is 3. The van der Waals surface area contributed by atoms with Gasteiger partial charge in [0.25, 0.3) is 0 Å². The molecule has 1 aromatic carbocycles. The van der Waals surface area contributed by atoms with Crippen molar-refractivity contribution in [3.63, 3.8) is 0 Å². The molecule has 0 aliphatic carbocycles. The molecule has 15 heavy (non-hydrogen) atoms. The lowest BCUT2D eigenvalue weighted by atomic mass is 10.0. The fraction of sp³-hybridized carbons (Fsp3) is 0.455. The van der Waals surface area contributed by atoms with Crippen molar-refractivity contribution in [2.24, 2.45) is 0 Å². The van der Waals surface area contributed by atoms with Gasteiger partial charge in [-0.05, 0) is 19.1 Å². The number of hydrogen-bond donors (Lipinski definition) is 2. The molecule has 1 fully saturated rings. The monoisotopic (exact) mass is 212 g/mol. The lowest BCUT2D eigenvalue weighted by Crippen LogP contribution is -2.55. The molecule has 0 bridgehead atoms. The average molecular weight is 212 g/mol. The largest absolute Gasteiger partial charge is 0.314 e. The molecule has 1 aliphatic heterocycles. The summed E-state index contributed by atoms with van der Waals surface area (Å²) >= 11 is 0. The standard InChI is InChI=1S/C11H14F2N2/c1-7(15-8-5-14-6-8)11-9(12)3-2-4-10(11)13/h2-4,7-8,14-15H,5-6H2,1H3. The highest BCUT2D eigenvalue weighted by atomic mass is 19.1. The van der Waals surface area contributed by atoms with Crippen molar-refractivity contribution in [1.29, 1.82) is 0 Å². The van der Waals surface area contributed by atoms with Crippen molar-refractivity contribution in [2.45, 2.75) is 19.0 Å². The fourth-order valence-electron chi connectivity index (χ4n) is 1.77. The summed E-state index contributed by atoms with van der Waals surface area (Å²) in [6.45, 7) is 3.50. The van der Waals surface area contributed by atoms with Gasteiger partial charge in [-0.15, -0.1) is 0 Å². The molecule has 0 aromatic heterocycles. The van der Waals surface area contributed by atoms with E-state index in [4.69, 9.17) is 0 Å². The Labute approximate surface area is 87.7 Å². The quantitative estimate of drug-likeness (QED) is 0.795. The zero-order chi connectivity index (χ0) is 10.8. The first-order valence-electron chi connectivity index (χ1n) is 5.09. The van der Waals surface area contributed by atoms with Crippen molar-refractivity contribution in [2.75, 3.05) is 13.1 Å². The van der Waals surface area contributed by atoms with Crippen LogP contribution in [0.2, 0.25) is 0 Å². The van der Waals surface area contributed by atoms with Crippen LogP contribution in [0.25, 0.3) is 0 Å². The van der Waals surface area contributed by atoms with E-state index < -0.39 is 11.6 Å². The minimum Gasteiger partial charge on any atom is -0.314 e. The molecule has 1 heterocycles. The van der Waals surface area contributed by atoms with E-state index >= 15 is 0 Å². The molecular formula is C11H14F2N2. The molecule has 0 saturated carbocycles. The van der Waals surface area contributed by atoms with Gasteiger partial charge in [0.15, 0.2) is 0 Å². The van der Waals surface area contributed by atoms with Crippen LogP contribution in [0.5, 0.6) is 0 Å². The fourth-order valence-corrected chi connectivity index (χ4v) is 1.77. The van der Waals surface area contributed by atoms with Crippen LogP contribution in [0.3, 0.4) is 0 Å². The molecule has 1 unspecified atom stereocenters. The average Bonchev–Trinajstić information content (AvgIpc) is 2.11. The van der Waals surface area contributed by atoms with E-state index in [0.29, 0.717) is 6.04 Å². The number of hydrogen-bond acceptors (Lipinski definition) is 2. The Bertz CT molecular complexity index is 330. The Balaban J connectivity index is 2.12. The van der Waals surface area contributed by atoms with E-state index in [2.05, 4.69) is 10.6 Å². The minimum atomic E-state index is -0.484. The summed E-state index contributed by atoms with van der Waals surface area (Å²) in [5.74, 6) is -0.968. The van der Waals surface area contributed by atoms with Crippen LogP contribution in [-0.4, -0.2) is 19.1 Å². The van der Waals surface area contributed by atoms with Crippen LogP contribution in [0.1, 0.15) is 18.5 Å². The van der Waals surface area contributed by atoms with Crippen LogP contribution in [-0.2, 0) is 0 Å². The maximum Gasteiger partial charge on any atom is 0.130 e. The summed E-state index contributed by atoms with van der Waals surface area (Å²) in [5, 5.41) is 6.27. The SMILES string of the molecule is CC(NC1CNC1)c1c(F)cccc1F. The molecule has 1 atom stereocenters. The first kappa shape index (κ1) is 10.5. The summed E-state index contributed by atoms with van der Waals surface area (Å²) in [4.78, 5) is 0. The Kier molecular flexibility index (Phi) is 2.98. The lowest BCUT2D eigenvalue weighted by Gasteiger charge is -2.31. The molecule has 1 saturated heterocycles. The zero-order valence-corrected chi connectivity index (χ0v) is 8.56. The van der Waals surface area contributed by atoms with E-state index in [9.17, 15) is 8.78 Å². The highest BCUT2D eigenvalue weighted by molar-refractivity contribution is 5.23. The van der Waals surface area contributed by atoms with Gasteiger partial charge in [0.2, 0.25) is 0 Å². The number of benzene rings is 1. The van der Waals surface area contributed by atoms with Gasteiger partial charge in [0, 0.05) is 30.7 Å². The van der Waals surface area contributed by atoms with Gasteiger partial charge in [-0.2, -0.15) is 0 Å². The lowest BCUT2D eigenvalue weighted by molar-refractivity contribution is 0.330. The van der Waals surface area contributed by atoms with Crippen LogP contribution < -0.4 is 10.6 Å². The molecule has 2 nitrogen and oxygen atoms in total. The Morgan fingerprint density at radius 2 is 1.93 bits per heavy atom. The molecule has 1 aromatic rings. The van der Waals surface area contributed by atoms with E-state index in [1.807, 2.05) is 0 Å². The predicted molar refractivity (Wildman–Crippen MR) is 54.6 cm³/mol. The summed E-state index contributed by atoms with van der Waals surface area (Å²) in [5.41, 5.74) is 0.129. The maximum atomic E-state index is 13.4. The minimum absolute atomic E-state index is 0.129. The second kappa shape index (κ2) is 4.24. The van der Waals surface area contributed by atoms with Crippen molar-refractivity contribution in [3.8, 4) is 0 Å². The molecule has 0 radical (unpaired) electrons. The van der Waals surface area contributed by atoms with Crippen molar-refractivity contribution in [1.82, 2.24) is 10.6 Å². The molecule has 82 valence electrons. The van der Waals surface area contributed by atoms with Crippen LogP contribution in [0, 0.1) is 11.6 Å². The third-order valence-corrected chi connectivity index (χ3v) is 2.70. The van der Waals surface area contributed by atoms with Gasteiger partial charge in [0.1, 0.15) is 11.6 Å². The predicted octanol–water partition coefficient (Wildman–Crippen LogP) is 1.59. The zero-order valence-electron chi connectivity index (χ0n) is 8.56. The third kappa shape index (κ3) is 2.16.